The van der Waals surface area contributed by atoms with E-state index in [0.717, 1.165) is 0 Å². The molecule has 1 aliphatic heterocycles. The predicted octanol–water partition coefficient (Wildman–Crippen LogP) is 1.21. The lowest BCUT2D eigenvalue weighted by molar-refractivity contribution is -0.0273. The largest absolute Gasteiger partial charge is 0.328 e. The molecule has 2 heteroatoms. The summed E-state index contributed by atoms with van der Waals surface area (Å²) >= 11 is 0. The Morgan fingerprint density at radius 3 is 2.42 bits per heavy atom. The van der Waals surface area contributed by atoms with Gasteiger partial charge in [0, 0.05) is 19.1 Å². The highest BCUT2D eigenvalue weighted by atomic mass is 15.2. The molecule has 0 amide bonds. The second-order valence-electron chi connectivity index (χ2n) is 4.64. The van der Waals surface area contributed by atoms with Gasteiger partial charge in [-0.15, -0.1) is 0 Å². The molecule has 0 atom stereocenters. The Morgan fingerprint density at radius 2 is 1.92 bits per heavy atom. The van der Waals surface area contributed by atoms with Crippen molar-refractivity contribution in [3.8, 4) is 0 Å². The van der Waals surface area contributed by atoms with E-state index in [2.05, 4.69) is 11.8 Å². The van der Waals surface area contributed by atoms with Crippen LogP contribution >= 0.6 is 0 Å². The van der Waals surface area contributed by atoms with Crippen molar-refractivity contribution in [2.75, 3.05) is 19.6 Å². The van der Waals surface area contributed by atoms with Crippen molar-refractivity contribution < 1.29 is 0 Å². The van der Waals surface area contributed by atoms with E-state index in [1.807, 2.05) is 0 Å². The molecular weight excluding hydrogens is 148 g/mol. The van der Waals surface area contributed by atoms with Crippen molar-refractivity contribution in [1.82, 2.24) is 4.90 Å². The first-order chi connectivity index (χ1) is 5.74. The zero-order valence-corrected chi connectivity index (χ0v) is 8.05. The Morgan fingerprint density at radius 1 is 1.33 bits per heavy atom. The number of nitrogens with two attached hydrogens (primary N) is 1. The van der Waals surface area contributed by atoms with Crippen molar-refractivity contribution in [2.24, 2.45) is 11.1 Å². The minimum absolute atomic E-state index is 0.506. The van der Waals surface area contributed by atoms with Gasteiger partial charge in [-0.05, 0) is 37.6 Å². The monoisotopic (exact) mass is 168 g/mol. The predicted molar refractivity (Wildman–Crippen MR) is 51.0 cm³/mol. The van der Waals surface area contributed by atoms with E-state index in [0.29, 0.717) is 11.5 Å². The molecule has 2 rings (SSSR count). The van der Waals surface area contributed by atoms with E-state index in [9.17, 15) is 0 Å². The SMILES string of the molecule is CCN1CC2(CCC(N)CC2)C1. The Balaban J connectivity index is 1.83. The van der Waals surface area contributed by atoms with E-state index in [1.54, 1.807) is 0 Å². The average molecular weight is 168 g/mol. The van der Waals surface area contributed by atoms with Crippen molar-refractivity contribution in [3.63, 3.8) is 0 Å². The van der Waals surface area contributed by atoms with Crippen molar-refractivity contribution in [3.05, 3.63) is 0 Å². The molecule has 0 unspecified atom stereocenters. The van der Waals surface area contributed by atoms with Gasteiger partial charge in [0.2, 0.25) is 0 Å². The third kappa shape index (κ3) is 1.38. The molecule has 1 saturated heterocycles. The second-order valence-corrected chi connectivity index (χ2v) is 4.64. The van der Waals surface area contributed by atoms with Gasteiger partial charge in [0.1, 0.15) is 0 Å². The van der Waals surface area contributed by atoms with Crippen molar-refractivity contribution in [2.45, 2.75) is 38.6 Å². The Bertz CT molecular complexity index is 144. The topological polar surface area (TPSA) is 29.3 Å². The molecule has 0 aromatic rings. The zero-order valence-electron chi connectivity index (χ0n) is 8.05. The third-order valence-electron chi connectivity index (χ3n) is 3.66. The van der Waals surface area contributed by atoms with Crippen LogP contribution in [-0.2, 0) is 0 Å². The molecule has 0 radical (unpaired) electrons. The highest BCUT2D eigenvalue weighted by Gasteiger charge is 2.43. The molecule has 1 heterocycles. The zero-order chi connectivity index (χ0) is 8.60. The maximum absolute atomic E-state index is 5.89. The van der Waals surface area contributed by atoms with E-state index in [4.69, 9.17) is 5.73 Å². The molecule has 0 bridgehead atoms. The van der Waals surface area contributed by atoms with Crippen LogP contribution in [0, 0.1) is 5.41 Å². The first-order valence-corrected chi connectivity index (χ1v) is 5.22. The first kappa shape index (κ1) is 8.52. The van der Waals surface area contributed by atoms with Gasteiger partial charge in [-0.25, -0.2) is 0 Å². The van der Waals surface area contributed by atoms with Gasteiger partial charge in [0.25, 0.3) is 0 Å². The van der Waals surface area contributed by atoms with Crippen LogP contribution in [0.25, 0.3) is 0 Å². The lowest BCUT2D eigenvalue weighted by atomic mass is 9.67. The molecule has 12 heavy (non-hydrogen) atoms. The van der Waals surface area contributed by atoms with E-state index < -0.39 is 0 Å². The van der Waals surface area contributed by atoms with E-state index in [-0.39, 0.29) is 0 Å². The lowest BCUT2D eigenvalue weighted by Gasteiger charge is -2.53. The standard InChI is InChI=1S/C10H20N2/c1-2-12-7-10(8-12)5-3-9(11)4-6-10/h9H,2-8,11H2,1H3. The van der Waals surface area contributed by atoms with Crippen LogP contribution in [0.4, 0.5) is 0 Å². The fourth-order valence-corrected chi connectivity index (χ4v) is 2.69. The molecule has 2 N–H and O–H groups in total. The quantitative estimate of drug-likeness (QED) is 0.637. The van der Waals surface area contributed by atoms with Crippen LogP contribution < -0.4 is 5.73 Å². The summed E-state index contributed by atoms with van der Waals surface area (Å²) in [6.45, 7) is 6.17. The van der Waals surface area contributed by atoms with Crippen molar-refractivity contribution >= 4 is 0 Å². The number of hydrogen-bond acceptors (Lipinski definition) is 2. The number of hydrogen-bond donors (Lipinski definition) is 1. The molecule has 2 aliphatic rings. The van der Waals surface area contributed by atoms with Gasteiger partial charge in [-0.1, -0.05) is 6.92 Å². The average Bonchev–Trinajstić information content (AvgIpc) is 2.02. The van der Waals surface area contributed by atoms with Gasteiger partial charge in [0.15, 0.2) is 0 Å². The Labute approximate surface area is 75.1 Å². The third-order valence-corrected chi connectivity index (χ3v) is 3.66. The molecule has 0 aromatic carbocycles. The molecule has 70 valence electrons. The van der Waals surface area contributed by atoms with Crippen LogP contribution in [0.2, 0.25) is 0 Å². The maximum Gasteiger partial charge on any atom is 0.00504 e. The molecule has 1 saturated carbocycles. The van der Waals surface area contributed by atoms with E-state index >= 15 is 0 Å². The molecule has 2 fully saturated rings. The Kier molecular flexibility index (Phi) is 2.13. The lowest BCUT2D eigenvalue weighted by Crippen LogP contribution is -2.58. The second kappa shape index (κ2) is 3.00. The van der Waals surface area contributed by atoms with Gasteiger partial charge >= 0.3 is 0 Å². The van der Waals surface area contributed by atoms with Crippen molar-refractivity contribution in [1.29, 1.82) is 0 Å². The molecular formula is C10H20N2. The van der Waals surface area contributed by atoms with Crippen LogP contribution in [-0.4, -0.2) is 30.6 Å². The minimum atomic E-state index is 0.506. The number of nitrogens with zero attached hydrogens (tertiary/aromatic N) is 1. The first-order valence-electron chi connectivity index (χ1n) is 5.22. The van der Waals surface area contributed by atoms with Gasteiger partial charge in [-0.2, -0.15) is 0 Å². The highest BCUT2D eigenvalue weighted by Crippen LogP contribution is 2.43. The van der Waals surface area contributed by atoms with Gasteiger partial charge in [0.05, 0.1) is 0 Å². The van der Waals surface area contributed by atoms with Crippen LogP contribution in [0.3, 0.4) is 0 Å². The fourth-order valence-electron chi connectivity index (χ4n) is 2.69. The summed E-state index contributed by atoms with van der Waals surface area (Å²) in [6, 6.07) is 0.506. The van der Waals surface area contributed by atoms with Gasteiger partial charge in [-0.3, -0.25) is 0 Å². The molecule has 2 nitrogen and oxygen atoms in total. The van der Waals surface area contributed by atoms with Crippen LogP contribution in [0.5, 0.6) is 0 Å². The van der Waals surface area contributed by atoms with Crippen LogP contribution in [0.1, 0.15) is 32.6 Å². The summed E-state index contributed by atoms with van der Waals surface area (Å²) in [5.74, 6) is 0. The number of rotatable bonds is 1. The number of likely N-dealkylation sites (tertiary alicyclic amines) is 1. The minimum Gasteiger partial charge on any atom is -0.328 e. The Hall–Kier alpha value is -0.0800. The van der Waals surface area contributed by atoms with Crippen LogP contribution in [0.15, 0.2) is 0 Å². The normalized spacial score (nSPS) is 30.5. The summed E-state index contributed by atoms with van der Waals surface area (Å²) in [5.41, 5.74) is 6.59. The summed E-state index contributed by atoms with van der Waals surface area (Å²) in [4.78, 5) is 2.54. The summed E-state index contributed by atoms with van der Waals surface area (Å²) < 4.78 is 0. The highest BCUT2D eigenvalue weighted by molar-refractivity contribution is 4.97. The smallest absolute Gasteiger partial charge is 0.00504 e. The molecule has 0 aromatic heterocycles. The summed E-state index contributed by atoms with van der Waals surface area (Å²) in [5, 5.41) is 0. The van der Waals surface area contributed by atoms with Gasteiger partial charge < -0.3 is 10.6 Å². The van der Waals surface area contributed by atoms with E-state index in [1.165, 1.54) is 45.3 Å². The molecule has 1 aliphatic carbocycles. The summed E-state index contributed by atoms with van der Waals surface area (Å²) in [7, 11) is 0. The molecule has 1 spiro atoms. The fraction of sp³-hybridized carbons (Fsp3) is 1.00. The maximum atomic E-state index is 5.89. The summed E-state index contributed by atoms with van der Waals surface area (Å²) in [6.07, 6.45) is 5.28.